The zero-order valence-corrected chi connectivity index (χ0v) is 23.9. The van der Waals surface area contributed by atoms with E-state index in [4.69, 9.17) is 38.0 Å². The minimum absolute atomic E-state index is 0.0309. The fourth-order valence-electron chi connectivity index (χ4n) is 3.00. The third-order valence-electron chi connectivity index (χ3n) is 5.11. The second kappa shape index (κ2) is 14.9. The summed E-state index contributed by atoms with van der Waals surface area (Å²) in [6.45, 7) is 0.925. The summed E-state index contributed by atoms with van der Waals surface area (Å²) in [4.78, 5) is 38.3. The maximum atomic E-state index is 12.7. The van der Waals surface area contributed by atoms with Gasteiger partial charge in [-0.2, -0.15) is 0 Å². The average Bonchev–Trinajstić information content (AvgIpc) is 2.77. The number of alkyl halides is 2. The second-order valence-corrected chi connectivity index (χ2v) is 14.7. The summed E-state index contributed by atoms with van der Waals surface area (Å²) in [5.41, 5.74) is 6.52. The van der Waals surface area contributed by atoms with Crippen molar-refractivity contribution in [2.24, 2.45) is 5.50 Å². The Hall–Kier alpha value is -0.0700. The molecule has 0 saturated carbocycles. The smallest absolute Gasteiger partial charge is 0.369 e. The van der Waals surface area contributed by atoms with Gasteiger partial charge in [-0.1, -0.05) is 12.1 Å². The van der Waals surface area contributed by atoms with E-state index in [0.29, 0.717) is 24.3 Å². The molecule has 18 heteroatoms. The predicted molar refractivity (Wildman–Crippen MR) is 137 cm³/mol. The van der Waals surface area contributed by atoms with Crippen molar-refractivity contribution in [1.82, 2.24) is 9.57 Å². The second-order valence-electron chi connectivity index (χ2n) is 7.93. The number of rotatable bonds is 18. The summed E-state index contributed by atoms with van der Waals surface area (Å²) in [7, 11) is -13.0. The van der Waals surface area contributed by atoms with Crippen LogP contribution in [0.25, 0.3) is 0 Å². The largest absolute Gasteiger partial charge is 0.494 e. The Balaban J connectivity index is 2.55. The molecule has 210 valence electrons. The van der Waals surface area contributed by atoms with Gasteiger partial charge >= 0.3 is 22.9 Å². The minimum Gasteiger partial charge on any atom is -0.494 e. The molecule has 1 unspecified atom stereocenters. The Kier molecular flexibility index (Phi) is 14.1. The molecule has 0 aliphatic carbocycles. The summed E-state index contributed by atoms with van der Waals surface area (Å²) < 4.78 is 48.1. The zero-order chi connectivity index (χ0) is 27.6. The predicted octanol–water partition coefficient (Wildman–Crippen LogP) is 2.14. The van der Waals surface area contributed by atoms with Gasteiger partial charge in [0, 0.05) is 44.4 Å². The number of nitrogens with two attached hydrogens (primary N) is 1. The van der Waals surface area contributed by atoms with E-state index >= 15 is 0 Å². The van der Waals surface area contributed by atoms with Crippen LogP contribution in [0.3, 0.4) is 0 Å². The Morgan fingerprint density at radius 2 is 1.58 bits per heavy atom. The Morgan fingerprint density at radius 1 is 1.00 bits per heavy atom. The SMILES string of the molecule is CN(CCCOc1cccc(COP(N)(=O)N(CCCl)CCCl)c1)CCC(O)(P(=O)(O)O)P(=O)(O)O. The molecule has 0 heterocycles. The van der Waals surface area contributed by atoms with E-state index in [9.17, 15) is 38.4 Å². The van der Waals surface area contributed by atoms with Crippen molar-refractivity contribution in [2.75, 3.05) is 51.6 Å². The number of aliphatic hydroxyl groups is 1. The molecule has 1 rings (SSSR count). The lowest BCUT2D eigenvalue weighted by Crippen LogP contribution is -2.34. The fraction of sp³-hybridized carbons (Fsp3) is 0.667. The van der Waals surface area contributed by atoms with Crippen LogP contribution in [0.2, 0.25) is 0 Å². The molecular formula is C18H34Cl2N3O10P3. The van der Waals surface area contributed by atoms with E-state index in [1.54, 1.807) is 36.2 Å². The van der Waals surface area contributed by atoms with Gasteiger partial charge in [-0.15, -0.1) is 23.2 Å². The highest BCUT2D eigenvalue weighted by molar-refractivity contribution is 7.72. The van der Waals surface area contributed by atoms with E-state index < -0.39 is 34.4 Å². The van der Waals surface area contributed by atoms with Crippen molar-refractivity contribution in [3.8, 4) is 5.75 Å². The first-order valence-corrected chi connectivity index (χ1v) is 16.7. The van der Waals surface area contributed by atoms with Crippen LogP contribution in [0.5, 0.6) is 5.75 Å². The highest BCUT2D eigenvalue weighted by Gasteiger charge is 2.58. The lowest BCUT2D eigenvalue weighted by molar-refractivity contribution is 0.111. The van der Waals surface area contributed by atoms with Crippen molar-refractivity contribution in [1.29, 1.82) is 0 Å². The van der Waals surface area contributed by atoms with Gasteiger partial charge in [-0.25, -0.2) is 10.2 Å². The lowest BCUT2D eigenvalue weighted by atomic mass is 10.2. The van der Waals surface area contributed by atoms with Crippen molar-refractivity contribution in [3.05, 3.63) is 29.8 Å². The van der Waals surface area contributed by atoms with Crippen LogP contribution in [0.15, 0.2) is 24.3 Å². The molecule has 1 aromatic carbocycles. The van der Waals surface area contributed by atoms with Gasteiger partial charge in [0.1, 0.15) is 5.75 Å². The number of nitrogens with zero attached hydrogens (tertiary/aromatic N) is 2. The number of hydrogen-bond acceptors (Lipinski definition) is 7. The number of ether oxygens (including phenoxy) is 1. The standard InChI is InChI=1S/C18H34Cl2N3O10P3/c1-22(10-6-18(24,34(25,26)27)35(28,29)30)9-3-13-32-17-5-2-4-16(14-17)15-33-36(21,31)23(11-7-19)12-8-20/h2,4-5,14,24H,3,6-13,15H2,1H3,(H2,21,31)(H2,25,26,27)(H2,28,29,30). The minimum atomic E-state index is -5.48. The molecule has 0 spiro atoms. The molecule has 0 saturated heterocycles. The molecule has 0 radical (unpaired) electrons. The van der Waals surface area contributed by atoms with E-state index in [1.165, 1.54) is 4.67 Å². The average molecular weight is 616 g/mol. The molecule has 7 N–H and O–H groups in total. The highest BCUT2D eigenvalue weighted by Crippen LogP contribution is 2.68. The maximum Gasteiger partial charge on any atom is 0.369 e. The van der Waals surface area contributed by atoms with Crippen molar-refractivity contribution in [2.45, 2.75) is 24.5 Å². The molecule has 1 aromatic rings. The van der Waals surface area contributed by atoms with Crippen LogP contribution in [-0.4, -0.2) is 90.9 Å². The van der Waals surface area contributed by atoms with Gasteiger partial charge in [-0.05, 0) is 31.2 Å². The van der Waals surface area contributed by atoms with Crippen LogP contribution in [0.4, 0.5) is 0 Å². The van der Waals surface area contributed by atoms with Gasteiger partial charge in [0.2, 0.25) is 0 Å². The number of hydrogen-bond donors (Lipinski definition) is 6. The van der Waals surface area contributed by atoms with Crippen LogP contribution in [0, 0.1) is 0 Å². The van der Waals surface area contributed by atoms with Gasteiger partial charge in [-0.3, -0.25) is 13.7 Å². The Morgan fingerprint density at radius 3 is 2.11 bits per heavy atom. The van der Waals surface area contributed by atoms with E-state index in [0.717, 1.165) is 0 Å². The monoisotopic (exact) mass is 615 g/mol. The molecule has 0 aromatic heterocycles. The first kappa shape index (κ1) is 34.0. The third-order valence-corrected chi connectivity index (χ3v) is 11.0. The van der Waals surface area contributed by atoms with E-state index in [-0.39, 0.29) is 44.6 Å². The van der Waals surface area contributed by atoms with Gasteiger partial charge in [0.05, 0.1) is 13.2 Å². The Labute approximate surface area is 220 Å². The zero-order valence-electron chi connectivity index (χ0n) is 19.7. The normalized spacial score (nSPS) is 14.9. The maximum absolute atomic E-state index is 12.7. The molecule has 0 fully saturated rings. The number of benzene rings is 1. The molecule has 0 aliphatic rings. The highest BCUT2D eigenvalue weighted by atomic mass is 35.5. The molecular weight excluding hydrogens is 582 g/mol. The van der Waals surface area contributed by atoms with Crippen LogP contribution in [-0.2, 0) is 24.8 Å². The van der Waals surface area contributed by atoms with Crippen molar-refractivity contribution >= 4 is 46.1 Å². The van der Waals surface area contributed by atoms with Gasteiger partial charge in [0.25, 0.3) is 5.08 Å². The summed E-state index contributed by atoms with van der Waals surface area (Å²) in [5.74, 6) is 0.948. The quantitative estimate of drug-likeness (QED) is 0.0796. The first-order valence-electron chi connectivity index (χ1n) is 10.7. The number of halogens is 2. The third kappa shape index (κ3) is 10.6. The topological polar surface area (TPSA) is 203 Å². The van der Waals surface area contributed by atoms with Crippen molar-refractivity contribution < 1.29 is 47.6 Å². The first-order chi connectivity index (χ1) is 16.6. The van der Waals surface area contributed by atoms with E-state index in [1.807, 2.05) is 0 Å². The van der Waals surface area contributed by atoms with Gasteiger partial charge < -0.3 is 38.8 Å². The molecule has 0 amide bonds. The van der Waals surface area contributed by atoms with Crippen LogP contribution in [0.1, 0.15) is 18.4 Å². The van der Waals surface area contributed by atoms with Gasteiger partial charge in [0.15, 0.2) is 0 Å². The molecule has 36 heavy (non-hydrogen) atoms. The summed E-state index contributed by atoms with van der Waals surface area (Å²) in [6.07, 6.45) is -0.357. The van der Waals surface area contributed by atoms with Crippen LogP contribution >= 0.6 is 46.1 Å². The Bertz CT molecular complexity index is 936. The summed E-state index contributed by atoms with van der Waals surface area (Å²) in [5, 5.41) is 6.49. The summed E-state index contributed by atoms with van der Waals surface area (Å²) in [6, 6.07) is 6.87. The molecule has 13 nitrogen and oxygen atoms in total. The summed E-state index contributed by atoms with van der Waals surface area (Å²) >= 11 is 11.4. The van der Waals surface area contributed by atoms with E-state index in [2.05, 4.69) is 0 Å². The van der Waals surface area contributed by atoms with Crippen molar-refractivity contribution in [3.63, 3.8) is 0 Å². The molecule has 1 atom stereocenters. The fourth-order valence-corrected chi connectivity index (χ4v) is 7.04. The molecule has 0 aliphatic heterocycles. The lowest BCUT2D eigenvalue weighted by Gasteiger charge is -2.30. The molecule has 0 bridgehead atoms. The van der Waals surface area contributed by atoms with Crippen LogP contribution < -0.4 is 10.2 Å².